The van der Waals surface area contributed by atoms with Crippen LogP contribution in [0.5, 0.6) is 5.75 Å². The van der Waals surface area contributed by atoms with E-state index in [9.17, 15) is 14.7 Å². The average molecular weight is 251 g/mol. The van der Waals surface area contributed by atoms with Crippen LogP contribution in [0.1, 0.15) is 24.8 Å². The van der Waals surface area contributed by atoms with Crippen molar-refractivity contribution in [3.63, 3.8) is 0 Å². The average Bonchev–Trinajstić information content (AvgIpc) is 2.33. The molecule has 0 fully saturated rings. The van der Waals surface area contributed by atoms with Gasteiger partial charge in [0.15, 0.2) is 0 Å². The van der Waals surface area contributed by atoms with Crippen LogP contribution >= 0.6 is 0 Å². The molecule has 1 aromatic carbocycles. The Kier molecular flexibility index (Phi) is 5.70. The minimum absolute atomic E-state index is 0.0553. The van der Waals surface area contributed by atoms with Gasteiger partial charge < -0.3 is 15.5 Å². The van der Waals surface area contributed by atoms with Gasteiger partial charge in [0, 0.05) is 19.4 Å². The third-order valence-corrected chi connectivity index (χ3v) is 2.50. The number of benzene rings is 1. The van der Waals surface area contributed by atoms with Crippen LogP contribution in [-0.2, 0) is 16.0 Å². The highest BCUT2D eigenvalue weighted by Crippen LogP contribution is 2.16. The summed E-state index contributed by atoms with van der Waals surface area (Å²) in [6.45, 7) is 0.367. The number of carboxylic acids is 1. The second kappa shape index (κ2) is 7.32. The summed E-state index contributed by atoms with van der Waals surface area (Å²) in [7, 11) is 0. The topological polar surface area (TPSA) is 86.6 Å². The van der Waals surface area contributed by atoms with E-state index in [0.717, 1.165) is 5.56 Å². The predicted octanol–water partition coefficient (Wildman–Crippen LogP) is 1.31. The Bertz CT molecular complexity index is 417. The number of amides is 1. The van der Waals surface area contributed by atoms with Gasteiger partial charge in [0.1, 0.15) is 5.75 Å². The van der Waals surface area contributed by atoms with Gasteiger partial charge in [-0.25, -0.2) is 0 Å². The number of phenols is 1. The molecule has 5 nitrogen and oxygen atoms in total. The van der Waals surface area contributed by atoms with E-state index >= 15 is 0 Å². The zero-order chi connectivity index (χ0) is 13.4. The molecule has 0 heterocycles. The summed E-state index contributed by atoms with van der Waals surface area (Å²) in [5.41, 5.74) is 0.734. The standard InChI is InChI=1S/C13H17NO4/c15-11-5-2-1-4-10(11)7-8-12(16)14-9-3-6-13(17)18/h1-2,4-5,15H,3,6-9H2,(H,14,16)(H,17,18). The van der Waals surface area contributed by atoms with Crippen molar-refractivity contribution in [2.75, 3.05) is 6.54 Å². The van der Waals surface area contributed by atoms with Gasteiger partial charge in [-0.3, -0.25) is 9.59 Å². The molecule has 0 atom stereocenters. The Balaban J connectivity index is 2.21. The maximum atomic E-state index is 11.4. The summed E-state index contributed by atoms with van der Waals surface area (Å²) in [6.07, 6.45) is 1.24. The fourth-order valence-corrected chi connectivity index (χ4v) is 1.53. The number of hydrogen-bond acceptors (Lipinski definition) is 3. The number of phenolic OH excluding ortho intramolecular Hbond substituents is 1. The first-order chi connectivity index (χ1) is 8.59. The summed E-state index contributed by atoms with van der Waals surface area (Å²) in [6, 6.07) is 6.89. The van der Waals surface area contributed by atoms with Gasteiger partial charge >= 0.3 is 5.97 Å². The fraction of sp³-hybridized carbons (Fsp3) is 0.385. The Hall–Kier alpha value is -2.04. The molecular formula is C13H17NO4. The normalized spacial score (nSPS) is 10.0. The third-order valence-electron chi connectivity index (χ3n) is 2.50. The van der Waals surface area contributed by atoms with Crippen molar-refractivity contribution in [3.8, 4) is 5.75 Å². The molecule has 98 valence electrons. The lowest BCUT2D eigenvalue weighted by Gasteiger charge is -2.05. The molecule has 0 unspecified atom stereocenters. The quantitative estimate of drug-likeness (QED) is 0.638. The maximum Gasteiger partial charge on any atom is 0.303 e. The molecule has 0 bridgehead atoms. The van der Waals surface area contributed by atoms with Crippen LogP contribution in [-0.4, -0.2) is 28.6 Å². The van der Waals surface area contributed by atoms with E-state index in [0.29, 0.717) is 19.4 Å². The van der Waals surface area contributed by atoms with E-state index in [1.165, 1.54) is 0 Å². The number of rotatable bonds is 7. The Morgan fingerprint density at radius 3 is 2.56 bits per heavy atom. The minimum atomic E-state index is -0.863. The summed E-state index contributed by atoms with van der Waals surface area (Å²) in [5.74, 6) is -0.807. The number of carboxylic acid groups (broad SMARTS) is 1. The van der Waals surface area contributed by atoms with Gasteiger partial charge in [-0.05, 0) is 24.5 Å². The lowest BCUT2D eigenvalue weighted by atomic mass is 10.1. The van der Waals surface area contributed by atoms with Crippen LogP contribution in [0.3, 0.4) is 0 Å². The number of carbonyl (C=O) groups is 2. The first-order valence-corrected chi connectivity index (χ1v) is 5.85. The third kappa shape index (κ3) is 5.34. The molecule has 0 saturated carbocycles. The van der Waals surface area contributed by atoms with Crippen molar-refractivity contribution >= 4 is 11.9 Å². The molecule has 18 heavy (non-hydrogen) atoms. The van der Waals surface area contributed by atoms with Crippen molar-refractivity contribution in [2.24, 2.45) is 0 Å². The maximum absolute atomic E-state index is 11.4. The molecule has 1 amide bonds. The highest BCUT2D eigenvalue weighted by atomic mass is 16.4. The van der Waals surface area contributed by atoms with Crippen molar-refractivity contribution < 1.29 is 19.8 Å². The fourth-order valence-electron chi connectivity index (χ4n) is 1.53. The highest BCUT2D eigenvalue weighted by Gasteiger charge is 2.05. The second-order valence-corrected chi connectivity index (χ2v) is 3.98. The van der Waals surface area contributed by atoms with Gasteiger partial charge in [0.2, 0.25) is 5.91 Å². The first-order valence-electron chi connectivity index (χ1n) is 5.85. The molecule has 1 aromatic rings. The van der Waals surface area contributed by atoms with Crippen molar-refractivity contribution in [3.05, 3.63) is 29.8 Å². The van der Waals surface area contributed by atoms with Crippen LogP contribution in [0.4, 0.5) is 0 Å². The molecule has 0 aliphatic rings. The molecular weight excluding hydrogens is 234 g/mol. The van der Waals surface area contributed by atoms with E-state index < -0.39 is 5.97 Å². The molecule has 0 aliphatic carbocycles. The van der Waals surface area contributed by atoms with Crippen molar-refractivity contribution in [2.45, 2.75) is 25.7 Å². The van der Waals surface area contributed by atoms with Gasteiger partial charge in [-0.2, -0.15) is 0 Å². The molecule has 5 heteroatoms. The van der Waals surface area contributed by atoms with Gasteiger partial charge in [-0.15, -0.1) is 0 Å². The van der Waals surface area contributed by atoms with Crippen molar-refractivity contribution in [1.82, 2.24) is 5.32 Å². The summed E-state index contributed by atoms with van der Waals surface area (Å²) >= 11 is 0. The van der Waals surface area contributed by atoms with E-state index in [-0.39, 0.29) is 24.5 Å². The van der Waals surface area contributed by atoms with Crippen LogP contribution in [0.2, 0.25) is 0 Å². The zero-order valence-corrected chi connectivity index (χ0v) is 10.1. The van der Waals surface area contributed by atoms with E-state index in [4.69, 9.17) is 5.11 Å². The minimum Gasteiger partial charge on any atom is -0.508 e. The van der Waals surface area contributed by atoms with Gasteiger partial charge in [0.05, 0.1) is 0 Å². The smallest absolute Gasteiger partial charge is 0.303 e. The van der Waals surface area contributed by atoms with Crippen molar-refractivity contribution in [1.29, 1.82) is 0 Å². The van der Waals surface area contributed by atoms with Crippen LogP contribution in [0.15, 0.2) is 24.3 Å². The molecule has 3 N–H and O–H groups in total. The Labute approximate surface area is 105 Å². The predicted molar refractivity (Wildman–Crippen MR) is 66.3 cm³/mol. The highest BCUT2D eigenvalue weighted by molar-refractivity contribution is 5.76. The number of aliphatic carboxylic acids is 1. The molecule has 0 aliphatic heterocycles. The Morgan fingerprint density at radius 1 is 1.17 bits per heavy atom. The number of hydrogen-bond donors (Lipinski definition) is 3. The largest absolute Gasteiger partial charge is 0.508 e. The number of aryl methyl sites for hydroxylation is 1. The summed E-state index contributed by atoms with van der Waals surface area (Å²) < 4.78 is 0. The van der Waals surface area contributed by atoms with Gasteiger partial charge in [0.25, 0.3) is 0 Å². The van der Waals surface area contributed by atoms with E-state index in [1.807, 2.05) is 0 Å². The van der Waals surface area contributed by atoms with E-state index in [2.05, 4.69) is 5.32 Å². The Morgan fingerprint density at radius 2 is 1.89 bits per heavy atom. The lowest BCUT2D eigenvalue weighted by molar-refractivity contribution is -0.137. The van der Waals surface area contributed by atoms with Crippen LogP contribution in [0, 0.1) is 0 Å². The monoisotopic (exact) mass is 251 g/mol. The molecule has 1 rings (SSSR count). The zero-order valence-electron chi connectivity index (χ0n) is 10.1. The summed E-state index contributed by atoms with van der Waals surface area (Å²) in [4.78, 5) is 21.7. The molecule has 0 saturated heterocycles. The van der Waals surface area contributed by atoms with Crippen LogP contribution in [0.25, 0.3) is 0 Å². The first kappa shape index (κ1) is 14.0. The molecule has 0 aromatic heterocycles. The molecule has 0 radical (unpaired) electrons. The van der Waals surface area contributed by atoms with E-state index in [1.54, 1.807) is 24.3 Å². The van der Waals surface area contributed by atoms with Gasteiger partial charge in [-0.1, -0.05) is 18.2 Å². The lowest BCUT2D eigenvalue weighted by Crippen LogP contribution is -2.25. The SMILES string of the molecule is O=C(O)CCCNC(=O)CCc1ccccc1O. The number of nitrogens with one attached hydrogen (secondary N) is 1. The van der Waals surface area contributed by atoms with Crippen LogP contribution < -0.4 is 5.32 Å². The molecule has 0 spiro atoms. The number of aromatic hydroxyl groups is 1. The summed E-state index contributed by atoms with van der Waals surface area (Å²) in [5, 5.41) is 20.6. The number of carbonyl (C=O) groups excluding carboxylic acids is 1. The second-order valence-electron chi connectivity index (χ2n) is 3.98. The number of para-hydroxylation sites is 1.